The minimum atomic E-state index is -0.937. The number of unbranched alkanes of at least 4 members (excludes halogenated alkanes) is 3. The molecule has 30 heavy (non-hydrogen) atoms. The average Bonchev–Trinajstić information content (AvgIpc) is 2.99. The third-order valence-electron chi connectivity index (χ3n) is 5.47. The molecule has 0 saturated heterocycles. The summed E-state index contributed by atoms with van der Waals surface area (Å²) in [4.78, 5) is 23.8. The smallest absolute Gasteiger partial charge is 0.220 e. The van der Waals surface area contributed by atoms with Crippen LogP contribution in [0.1, 0.15) is 64.7 Å². The molecule has 0 aromatic rings. The first-order chi connectivity index (χ1) is 14.4. The Balaban J connectivity index is 2.37. The zero-order chi connectivity index (χ0) is 22.4. The van der Waals surface area contributed by atoms with Crippen molar-refractivity contribution in [3.63, 3.8) is 0 Å². The lowest BCUT2D eigenvalue weighted by molar-refractivity contribution is -0.122. The molecule has 7 nitrogen and oxygen atoms in total. The fourth-order valence-electron chi connectivity index (χ4n) is 3.61. The molecule has 1 rings (SSSR count). The third kappa shape index (κ3) is 10.5. The summed E-state index contributed by atoms with van der Waals surface area (Å²) in [5, 5.41) is 40.7. The van der Waals surface area contributed by atoms with E-state index in [1.807, 2.05) is 12.2 Å². The van der Waals surface area contributed by atoms with E-state index in [0.29, 0.717) is 32.1 Å². The van der Waals surface area contributed by atoms with Gasteiger partial charge >= 0.3 is 0 Å². The van der Waals surface area contributed by atoms with E-state index in [1.165, 1.54) is 0 Å². The summed E-state index contributed by atoms with van der Waals surface area (Å²) in [6, 6.07) is 0. The van der Waals surface area contributed by atoms with Gasteiger partial charge in [-0.25, -0.2) is 0 Å². The van der Waals surface area contributed by atoms with Crippen LogP contribution in [0.25, 0.3) is 0 Å². The van der Waals surface area contributed by atoms with E-state index in [1.54, 1.807) is 12.2 Å². The number of ketones is 1. The highest BCUT2D eigenvalue weighted by Gasteiger charge is 2.39. The zero-order valence-corrected chi connectivity index (χ0v) is 18.1. The molecule has 0 bridgehead atoms. The molecule has 1 aliphatic rings. The molecule has 0 spiro atoms. The number of Topliss-reactive ketones (excluding diaryl/α,β-unsaturated/α-hetero) is 1. The first kappa shape index (κ1) is 26.5. The van der Waals surface area contributed by atoms with Crippen LogP contribution in [0.15, 0.2) is 24.3 Å². The number of allylic oxidation sites excluding steroid dienone is 2. The molecule has 0 heterocycles. The van der Waals surface area contributed by atoms with Crippen LogP contribution in [-0.2, 0) is 9.59 Å². The number of amides is 1. The van der Waals surface area contributed by atoms with Gasteiger partial charge in [-0.05, 0) is 25.7 Å². The fourth-order valence-corrected chi connectivity index (χ4v) is 3.61. The highest BCUT2D eigenvalue weighted by atomic mass is 16.3. The van der Waals surface area contributed by atoms with Crippen molar-refractivity contribution in [3.05, 3.63) is 24.3 Å². The van der Waals surface area contributed by atoms with Crippen LogP contribution in [0.5, 0.6) is 0 Å². The monoisotopic (exact) mass is 425 g/mol. The number of aliphatic hydroxyl groups excluding tert-OH is 4. The molecule has 7 heteroatoms. The summed E-state index contributed by atoms with van der Waals surface area (Å²) >= 11 is 0. The Morgan fingerprint density at radius 3 is 2.70 bits per heavy atom. The van der Waals surface area contributed by atoms with Gasteiger partial charge in [-0.1, -0.05) is 50.5 Å². The van der Waals surface area contributed by atoms with Crippen LogP contribution in [0.2, 0.25) is 0 Å². The van der Waals surface area contributed by atoms with Gasteiger partial charge in [0.05, 0.1) is 24.9 Å². The summed E-state index contributed by atoms with van der Waals surface area (Å²) in [5.74, 6) is -0.679. The van der Waals surface area contributed by atoms with E-state index in [0.717, 1.165) is 19.3 Å². The van der Waals surface area contributed by atoms with Crippen LogP contribution in [0, 0.1) is 11.8 Å². The Morgan fingerprint density at radius 1 is 1.23 bits per heavy atom. The lowest BCUT2D eigenvalue weighted by Gasteiger charge is -2.16. The molecule has 1 fully saturated rings. The van der Waals surface area contributed by atoms with Gasteiger partial charge in [-0.3, -0.25) is 9.59 Å². The first-order valence-electron chi connectivity index (χ1n) is 11.2. The minimum absolute atomic E-state index is 0.0412. The Hall–Kier alpha value is -1.54. The van der Waals surface area contributed by atoms with E-state index in [2.05, 4.69) is 12.2 Å². The molecule has 0 radical (unpaired) electrons. The van der Waals surface area contributed by atoms with E-state index in [-0.39, 0.29) is 43.1 Å². The van der Waals surface area contributed by atoms with Gasteiger partial charge in [0.2, 0.25) is 5.91 Å². The van der Waals surface area contributed by atoms with Crippen molar-refractivity contribution in [1.82, 2.24) is 5.32 Å². The second kappa shape index (κ2) is 15.3. The number of hydrogen-bond donors (Lipinski definition) is 5. The SMILES string of the molecule is CCCCC[C@H](O)/C=C/[C@H]1[C@H](O)CC(=O)[C@@H]1C/C=C\CCCC(=O)NCC(O)CO. The van der Waals surface area contributed by atoms with Crippen LogP contribution >= 0.6 is 0 Å². The second-order valence-electron chi connectivity index (χ2n) is 8.11. The Kier molecular flexibility index (Phi) is 13.5. The number of aliphatic hydroxyl groups is 4. The maximum atomic E-state index is 12.2. The molecule has 5 N–H and O–H groups in total. The van der Waals surface area contributed by atoms with Crippen molar-refractivity contribution in [1.29, 1.82) is 0 Å². The van der Waals surface area contributed by atoms with Gasteiger partial charge in [0.1, 0.15) is 5.78 Å². The van der Waals surface area contributed by atoms with Gasteiger partial charge < -0.3 is 25.7 Å². The van der Waals surface area contributed by atoms with Crippen molar-refractivity contribution < 1.29 is 30.0 Å². The number of rotatable bonds is 15. The molecule has 1 aliphatic carbocycles. The van der Waals surface area contributed by atoms with Crippen LogP contribution in [0.4, 0.5) is 0 Å². The maximum Gasteiger partial charge on any atom is 0.220 e. The van der Waals surface area contributed by atoms with Gasteiger partial charge in [-0.15, -0.1) is 0 Å². The van der Waals surface area contributed by atoms with Crippen molar-refractivity contribution in [2.45, 2.75) is 83.0 Å². The molecule has 1 unspecified atom stereocenters. The fraction of sp³-hybridized carbons (Fsp3) is 0.739. The van der Waals surface area contributed by atoms with Crippen LogP contribution < -0.4 is 5.32 Å². The second-order valence-corrected chi connectivity index (χ2v) is 8.11. The number of carbonyl (C=O) groups is 2. The van der Waals surface area contributed by atoms with E-state index < -0.39 is 18.3 Å². The summed E-state index contributed by atoms with van der Waals surface area (Å²) in [6.07, 6.45) is 11.4. The van der Waals surface area contributed by atoms with Crippen molar-refractivity contribution in [3.8, 4) is 0 Å². The number of nitrogens with one attached hydrogen (secondary N) is 1. The zero-order valence-electron chi connectivity index (χ0n) is 18.1. The van der Waals surface area contributed by atoms with Crippen LogP contribution in [0.3, 0.4) is 0 Å². The summed E-state index contributed by atoms with van der Waals surface area (Å²) < 4.78 is 0. The Morgan fingerprint density at radius 2 is 2.00 bits per heavy atom. The summed E-state index contributed by atoms with van der Waals surface area (Å²) in [6.45, 7) is 1.77. The van der Waals surface area contributed by atoms with Crippen molar-refractivity contribution in [2.75, 3.05) is 13.2 Å². The van der Waals surface area contributed by atoms with Gasteiger partial charge in [-0.2, -0.15) is 0 Å². The maximum absolute atomic E-state index is 12.2. The Bertz CT molecular complexity index is 562. The molecule has 0 aromatic carbocycles. The summed E-state index contributed by atoms with van der Waals surface area (Å²) in [7, 11) is 0. The molecule has 0 aliphatic heterocycles. The largest absolute Gasteiger partial charge is 0.394 e. The topological polar surface area (TPSA) is 127 Å². The highest BCUT2D eigenvalue weighted by Crippen LogP contribution is 2.33. The standard InChI is InChI=1S/C23H39NO6/c1-2-3-6-9-17(26)12-13-20-19(21(28)14-22(20)29)10-7-4-5-8-11-23(30)24-15-18(27)16-25/h4,7,12-13,17-20,22,25-27,29H,2-3,5-6,8-11,14-16H2,1H3,(H,24,30)/b7-4-,13-12+/t17-,18?,19+,20+,22+/m0/s1. The molecule has 172 valence electrons. The van der Waals surface area contributed by atoms with Crippen molar-refractivity contribution in [2.24, 2.45) is 11.8 Å². The van der Waals surface area contributed by atoms with E-state index in [9.17, 15) is 24.9 Å². The third-order valence-corrected chi connectivity index (χ3v) is 5.47. The summed E-state index contributed by atoms with van der Waals surface area (Å²) in [5.41, 5.74) is 0. The molecule has 1 amide bonds. The molecular formula is C23H39NO6. The van der Waals surface area contributed by atoms with E-state index in [4.69, 9.17) is 5.11 Å². The predicted molar refractivity (Wildman–Crippen MR) is 116 cm³/mol. The van der Waals surface area contributed by atoms with Gasteiger partial charge in [0.15, 0.2) is 0 Å². The highest BCUT2D eigenvalue weighted by molar-refractivity contribution is 5.84. The average molecular weight is 426 g/mol. The van der Waals surface area contributed by atoms with Gasteiger partial charge in [0, 0.05) is 31.2 Å². The molecule has 5 atom stereocenters. The number of hydrogen-bond acceptors (Lipinski definition) is 6. The molecule has 0 aromatic heterocycles. The molecular weight excluding hydrogens is 386 g/mol. The van der Waals surface area contributed by atoms with Gasteiger partial charge in [0.25, 0.3) is 0 Å². The lowest BCUT2D eigenvalue weighted by Crippen LogP contribution is -2.33. The van der Waals surface area contributed by atoms with Crippen molar-refractivity contribution >= 4 is 11.7 Å². The first-order valence-corrected chi connectivity index (χ1v) is 11.2. The normalized spacial score (nSPS) is 24.0. The Labute approximate surface area is 179 Å². The predicted octanol–water partition coefficient (Wildman–Crippen LogP) is 1.64. The number of carbonyl (C=O) groups excluding carboxylic acids is 2. The molecule has 1 saturated carbocycles. The van der Waals surface area contributed by atoms with Crippen LogP contribution in [-0.4, -0.2) is 63.6 Å². The minimum Gasteiger partial charge on any atom is -0.394 e. The van der Waals surface area contributed by atoms with E-state index >= 15 is 0 Å². The lowest BCUT2D eigenvalue weighted by atomic mass is 9.90. The quantitative estimate of drug-likeness (QED) is 0.200.